The fourth-order valence-corrected chi connectivity index (χ4v) is 5.00. The van der Waals surface area contributed by atoms with E-state index < -0.39 is 17.6 Å². The first-order valence-corrected chi connectivity index (χ1v) is 11.1. The third-order valence-corrected chi connectivity index (χ3v) is 6.62. The molecule has 2 aromatic rings. The highest BCUT2D eigenvalue weighted by atomic mass is 79.9. The number of hydrogen-bond acceptors (Lipinski definition) is 5. The van der Waals surface area contributed by atoms with Crippen molar-refractivity contribution >= 4 is 56.3 Å². The predicted octanol–water partition coefficient (Wildman–Crippen LogP) is 3.90. The summed E-state index contributed by atoms with van der Waals surface area (Å²) < 4.78 is 43.3. The van der Waals surface area contributed by atoms with E-state index in [2.05, 4.69) is 31.7 Å². The Morgan fingerprint density at radius 2 is 2.16 bits per heavy atom. The summed E-state index contributed by atoms with van der Waals surface area (Å²) in [7, 11) is 0. The van der Waals surface area contributed by atoms with Crippen LogP contribution in [0.15, 0.2) is 41.0 Å². The minimum Gasteiger partial charge on any atom is -0.369 e. The Labute approximate surface area is 200 Å². The molecule has 1 aromatic carbocycles. The van der Waals surface area contributed by atoms with Gasteiger partial charge in [0.15, 0.2) is 0 Å². The average Bonchev–Trinajstić information content (AvgIpc) is 3.35. The van der Waals surface area contributed by atoms with Crippen LogP contribution < -0.4 is 15.7 Å². The molecule has 2 fully saturated rings. The van der Waals surface area contributed by atoms with Crippen LogP contribution in [0, 0.1) is 0 Å². The Morgan fingerprint density at radius 1 is 1.38 bits per heavy atom. The molecule has 2 atom stereocenters. The highest BCUT2D eigenvalue weighted by molar-refractivity contribution is 9.10. The summed E-state index contributed by atoms with van der Waals surface area (Å²) in [5.74, 6) is -0.336. The van der Waals surface area contributed by atoms with Gasteiger partial charge in [-0.05, 0) is 42.3 Å². The second kappa shape index (κ2) is 8.77. The maximum atomic E-state index is 14.3. The van der Waals surface area contributed by atoms with E-state index in [1.54, 1.807) is 23.1 Å². The Kier molecular flexibility index (Phi) is 6.36. The number of pyridine rings is 1. The molecule has 0 aliphatic carbocycles. The maximum Gasteiger partial charge on any atom is 0.400 e. The summed E-state index contributed by atoms with van der Waals surface area (Å²) in [6.07, 6.45) is -3.09. The molecule has 4 rings (SSSR count). The lowest BCUT2D eigenvalue weighted by Crippen LogP contribution is -2.45. The zero-order valence-electron chi connectivity index (χ0n) is 16.4. The number of aromatic nitrogens is 1. The van der Waals surface area contributed by atoms with Gasteiger partial charge in [0, 0.05) is 22.6 Å². The fraction of sp³-hybridized carbons (Fsp3) is 0.350. The third-order valence-electron chi connectivity index (χ3n) is 5.62. The van der Waals surface area contributed by atoms with E-state index in [-0.39, 0.29) is 47.6 Å². The van der Waals surface area contributed by atoms with Gasteiger partial charge in [-0.25, -0.2) is 5.48 Å². The van der Waals surface area contributed by atoms with Gasteiger partial charge in [0.1, 0.15) is 23.1 Å². The Hall–Kier alpha value is -1.95. The van der Waals surface area contributed by atoms with E-state index >= 15 is 0 Å². The number of rotatable bonds is 4. The van der Waals surface area contributed by atoms with Crippen LogP contribution in [0.2, 0.25) is 5.02 Å². The van der Waals surface area contributed by atoms with Crippen molar-refractivity contribution in [2.45, 2.75) is 24.1 Å². The van der Waals surface area contributed by atoms with Crippen LogP contribution in [0.5, 0.6) is 0 Å². The predicted molar refractivity (Wildman–Crippen MR) is 121 cm³/mol. The summed E-state index contributed by atoms with van der Waals surface area (Å²) in [5.41, 5.74) is 1.25. The summed E-state index contributed by atoms with van der Waals surface area (Å²) in [4.78, 5) is 22.6. The molecule has 170 valence electrons. The number of halogens is 5. The summed E-state index contributed by atoms with van der Waals surface area (Å²) in [6, 6.07) is 7.06. The lowest BCUT2D eigenvalue weighted by atomic mass is 9.79. The molecule has 1 amide bonds. The molecular formula is C20H17BrClF3N4O2S. The molecule has 3 heterocycles. The zero-order valence-corrected chi connectivity index (χ0v) is 19.5. The molecular weight excluding hydrogens is 533 g/mol. The summed E-state index contributed by atoms with van der Waals surface area (Å²) >= 11 is 14.6. The third kappa shape index (κ3) is 4.43. The molecule has 12 heteroatoms. The molecule has 2 saturated heterocycles. The Morgan fingerprint density at radius 3 is 2.75 bits per heavy atom. The number of benzene rings is 1. The van der Waals surface area contributed by atoms with Crippen LogP contribution in [0.3, 0.4) is 0 Å². The van der Waals surface area contributed by atoms with Crippen LogP contribution in [0.4, 0.5) is 18.9 Å². The number of alkyl halides is 3. The molecule has 32 heavy (non-hydrogen) atoms. The number of nitrogens with zero attached hydrogens (tertiary/aromatic N) is 2. The molecule has 2 N–H and O–H groups in total. The standard InChI is InChI=1S/C20H17BrClF3N4O2S/c21-12-5-11(6-13(22)7-12)19(20(23,24)25)3-4-29(10-19)14-1-2-15(26-8-14)18(32)27-16-9-31-28-17(16)30/h1-2,5-8,16H,3-4,9-10H2,(H,27,32)(H,28,30). The van der Waals surface area contributed by atoms with Crippen LogP contribution >= 0.6 is 39.7 Å². The van der Waals surface area contributed by atoms with Gasteiger partial charge >= 0.3 is 6.18 Å². The molecule has 2 aliphatic rings. The maximum absolute atomic E-state index is 14.3. The number of hydroxylamine groups is 1. The van der Waals surface area contributed by atoms with Crippen molar-refractivity contribution in [1.82, 2.24) is 15.8 Å². The van der Waals surface area contributed by atoms with Gasteiger partial charge in [0.25, 0.3) is 5.91 Å². The van der Waals surface area contributed by atoms with E-state index in [0.717, 1.165) is 0 Å². The first kappa shape index (κ1) is 23.2. The smallest absolute Gasteiger partial charge is 0.369 e. The molecule has 1 aromatic heterocycles. The summed E-state index contributed by atoms with van der Waals surface area (Å²) in [5, 5.41) is 3.09. The number of nitrogens with one attached hydrogen (secondary N) is 2. The van der Waals surface area contributed by atoms with Crippen molar-refractivity contribution in [1.29, 1.82) is 0 Å². The van der Waals surface area contributed by atoms with Crippen molar-refractivity contribution in [3.63, 3.8) is 0 Å². The van der Waals surface area contributed by atoms with Crippen LogP contribution in [-0.2, 0) is 15.0 Å². The van der Waals surface area contributed by atoms with E-state index in [1.165, 1.54) is 18.3 Å². The van der Waals surface area contributed by atoms with Gasteiger partial charge < -0.3 is 10.2 Å². The van der Waals surface area contributed by atoms with Gasteiger partial charge in [-0.1, -0.05) is 39.7 Å². The van der Waals surface area contributed by atoms with Crippen LogP contribution in [0.25, 0.3) is 0 Å². The van der Waals surface area contributed by atoms with Crippen LogP contribution in [-0.4, -0.2) is 47.8 Å². The van der Waals surface area contributed by atoms with Gasteiger partial charge in [0.05, 0.1) is 17.6 Å². The second-order valence-electron chi connectivity index (χ2n) is 7.61. The van der Waals surface area contributed by atoms with Gasteiger partial charge in [-0.2, -0.15) is 13.2 Å². The SMILES string of the molecule is O=C1NOCC1NC(=S)c1ccc(N2CCC(c3cc(Cl)cc(Br)c3)(C(F)(F)F)C2)cn1. The van der Waals surface area contributed by atoms with Crippen molar-refractivity contribution in [3.8, 4) is 0 Å². The quantitative estimate of drug-likeness (QED) is 0.564. The Balaban J connectivity index is 1.53. The number of carbonyl (C=O) groups excluding carboxylic acids is 1. The summed E-state index contributed by atoms with van der Waals surface area (Å²) in [6.45, 7) is 0.0729. The van der Waals surface area contributed by atoms with Crippen LogP contribution in [0.1, 0.15) is 17.7 Å². The number of carbonyl (C=O) groups is 1. The average molecular weight is 550 g/mol. The van der Waals surface area contributed by atoms with Crippen molar-refractivity contribution in [2.75, 3.05) is 24.6 Å². The number of anilines is 1. The van der Waals surface area contributed by atoms with E-state index in [4.69, 9.17) is 28.7 Å². The minimum atomic E-state index is -4.46. The molecule has 6 nitrogen and oxygen atoms in total. The van der Waals surface area contributed by atoms with Gasteiger partial charge in [0.2, 0.25) is 0 Å². The molecule has 2 unspecified atom stereocenters. The second-order valence-corrected chi connectivity index (χ2v) is 9.37. The van der Waals surface area contributed by atoms with E-state index in [9.17, 15) is 18.0 Å². The molecule has 2 aliphatic heterocycles. The lowest BCUT2D eigenvalue weighted by molar-refractivity contribution is -0.184. The molecule has 0 spiro atoms. The van der Waals surface area contributed by atoms with Crippen molar-refractivity contribution in [3.05, 3.63) is 57.3 Å². The fourth-order valence-electron chi connectivity index (χ4n) is 3.88. The number of hydrogen-bond donors (Lipinski definition) is 2. The number of thiocarbonyl (C=S) groups is 1. The zero-order chi connectivity index (χ0) is 23.1. The monoisotopic (exact) mass is 548 g/mol. The number of amides is 1. The van der Waals surface area contributed by atoms with Crippen molar-refractivity contribution in [2.24, 2.45) is 0 Å². The van der Waals surface area contributed by atoms with E-state index in [1.807, 2.05) is 0 Å². The topological polar surface area (TPSA) is 66.5 Å². The normalized spacial score (nSPS) is 23.3. The lowest BCUT2D eigenvalue weighted by Gasteiger charge is -2.33. The highest BCUT2D eigenvalue weighted by Gasteiger charge is 2.59. The Bertz CT molecular complexity index is 1040. The first-order valence-electron chi connectivity index (χ1n) is 9.56. The van der Waals surface area contributed by atoms with Gasteiger partial charge in [-0.3, -0.25) is 14.6 Å². The molecule has 0 bridgehead atoms. The largest absolute Gasteiger partial charge is 0.400 e. The highest BCUT2D eigenvalue weighted by Crippen LogP contribution is 2.49. The van der Waals surface area contributed by atoms with E-state index in [0.29, 0.717) is 15.9 Å². The van der Waals surface area contributed by atoms with Gasteiger partial charge in [-0.15, -0.1) is 0 Å². The first-order chi connectivity index (χ1) is 15.1. The molecule has 0 saturated carbocycles. The van der Waals surface area contributed by atoms with Crippen molar-refractivity contribution < 1.29 is 22.8 Å². The molecule has 0 radical (unpaired) electrons. The minimum absolute atomic E-state index is 0.109.